The van der Waals surface area contributed by atoms with Crippen molar-refractivity contribution in [2.24, 2.45) is 11.8 Å². The van der Waals surface area contributed by atoms with Crippen molar-refractivity contribution in [3.8, 4) is 0 Å². The van der Waals surface area contributed by atoms with E-state index in [1.165, 1.54) is 360 Å². The van der Waals surface area contributed by atoms with Crippen LogP contribution in [0.4, 0.5) is 0 Å². The van der Waals surface area contributed by atoms with Gasteiger partial charge in [0.1, 0.15) is 0 Å². The highest BCUT2D eigenvalue weighted by molar-refractivity contribution is 5.69. The topological polar surface area (TPSA) is 78.9 Å². The maximum absolute atomic E-state index is 11.9. The molecule has 0 radical (unpaired) electrons. The minimum atomic E-state index is -0.00172. The molecule has 0 aliphatic heterocycles. The van der Waals surface area contributed by atoms with Crippen molar-refractivity contribution in [1.29, 1.82) is 0 Å². The first-order valence-corrected chi connectivity index (χ1v) is 45.2. The molecular weight excluding hydrogens is 1230 g/mol. The molecule has 0 aliphatic rings. The number of rotatable bonds is 79. The van der Waals surface area contributed by atoms with Gasteiger partial charge in [-0.05, 0) is 115 Å². The van der Waals surface area contributed by atoms with E-state index in [1.807, 2.05) is 0 Å². The van der Waals surface area contributed by atoms with Crippen LogP contribution in [-0.2, 0) is 28.6 Å². The van der Waals surface area contributed by atoms with Gasteiger partial charge in [-0.1, -0.05) is 431 Å². The smallest absolute Gasteiger partial charge is 0.305 e. The molecule has 0 spiro atoms. The van der Waals surface area contributed by atoms with Gasteiger partial charge >= 0.3 is 17.9 Å². The zero-order valence-corrected chi connectivity index (χ0v) is 69.3. The van der Waals surface area contributed by atoms with Gasteiger partial charge in [-0.3, -0.25) is 14.4 Å². The first-order chi connectivity index (χ1) is 49.1. The Morgan fingerprint density at radius 3 is 0.630 bits per heavy atom. The molecule has 6 nitrogen and oxygen atoms in total. The molecule has 0 fully saturated rings. The minimum absolute atomic E-state index is 0.00172. The predicted molar refractivity (Wildman–Crippen MR) is 445 cm³/mol. The molecule has 0 rings (SSSR count). The van der Waals surface area contributed by atoms with Crippen LogP contribution in [0.5, 0.6) is 0 Å². The second-order valence-corrected chi connectivity index (χ2v) is 31.2. The van der Waals surface area contributed by atoms with Crippen LogP contribution in [-0.4, -0.2) is 37.7 Å². The van der Waals surface area contributed by atoms with E-state index in [9.17, 15) is 14.4 Å². The second-order valence-electron chi connectivity index (χ2n) is 31.2. The van der Waals surface area contributed by atoms with Gasteiger partial charge in [0.05, 0.1) is 19.8 Å². The maximum Gasteiger partial charge on any atom is 0.305 e. The van der Waals surface area contributed by atoms with Crippen molar-refractivity contribution >= 4 is 17.9 Å². The average molecular weight is 1410 g/mol. The number of allylic oxidation sites excluding steroid dienone is 8. The van der Waals surface area contributed by atoms with Crippen LogP contribution in [0.3, 0.4) is 0 Å². The second kappa shape index (κ2) is 94.4. The zero-order valence-electron chi connectivity index (χ0n) is 69.3. The normalized spacial score (nSPS) is 11.7. The average Bonchev–Trinajstić information content (AvgIpc) is 3.82. The number of hydrogen-bond donors (Lipinski definition) is 0. The van der Waals surface area contributed by atoms with Crippen molar-refractivity contribution in [3.05, 3.63) is 48.6 Å². The van der Waals surface area contributed by atoms with Crippen molar-refractivity contribution in [2.75, 3.05) is 19.8 Å². The first kappa shape index (κ1) is 102. The molecule has 0 atom stereocenters. The fourth-order valence-corrected chi connectivity index (χ4v) is 12.9. The Bertz CT molecular complexity index is 1560. The Hall–Kier alpha value is -2.63. The fourth-order valence-electron chi connectivity index (χ4n) is 12.9. The lowest BCUT2D eigenvalue weighted by Crippen LogP contribution is -2.05. The highest BCUT2D eigenvalue weighted by Gasteiger charge is 2.06. The Labute approximate surface area is 628 Å². The Kier molecular flexibility index (Phi) is 95.8. The summed E-state index contributed by atoms with van der Waals surface area (Å²) in [4.78, 5) is 35.2. The number of carbonyl (C=O) groups excluding carboxylic acids is 3. The quantitative estimate of drug-likeness (QED) is 0.0261. The van der Waals surface area contributed by atoms with E-state index in [4.69, 9.17) is 14.2 Å². The van der Waals surface area contributed by atoms with E-state index in [2.05, 4.69) is 104 Å². The summed E-state index contributed by atoms with van der Waals surface area (Å²) in [5, 5.41) is 0. The molecule has 0 N–H and O–H groups in total. The summed E-state index contributed by atoms with van der Waals surface area (Å²) < 4.78 is 16.0. The number of esters is 3. The Balaban J connectivity index is -0.00000145. The Morgan fingerprint density at radius 1 is 0.210 bits per heavy atom. The molecular formula is C94H180O6. The highest BCUT2D eigenvalue weighted by Crippen LogP contribution is 2.19. The summed E-state index contributed by atoms with van der Waals surface area (Å²) in [6.45, 7) is 20.1. The lowest BCUT2D eigenvalue weighted by Gasteiger charge is -2.06. The highest BCUT2D eigenvalue weighted by atomic mass is 16.5. The lowest BCUT2D eigenvalue weighted by molar-refractivity contribution is -0.144. The molecule has 0 aliphatic carbocycles. The minimum Gasteiger partial charge on any atom is -0.466 e. The number of unbranched alkanes of at least 4 members (excludes halogenated alkanes) is 55. The van der Waals surface area contributed by atoms with Crippen LogP contribution in [0.1, 0.15) is 505 Å². The van der Waals surface area contributed by atoms with Gasteiger partial charge < -0.3 is 14.2 Å². The van der Waals surface area contributed by atoms with Crippen LogP contribution in [0.25, 0.3) is 0 Å². The standard InChI is InChI=1S/2C36H68O2.C22H44O2/c2*1-4-5-6-7-8-9-10-11-12-15-18-21-24-27-30-33-36(37)38-34-31-28-25-22-19-16-13-14-17-20-23-26-29-32-35(2)3;1-3-5-7-8-9-10-11-12-13-14-15-16-17-18-19-20-22(23)24-21-6-4-2/h2*8-9,11-12,35H,4-7,10,13-34H2,1-3H3;3-21H2,1-2H3/b2*9-8-,12-11-;. The molecule has 0 unspecified atom stereocenters. The van der Waals surface area contributed by atoms with Gasteiger partial charge in [0.25, 0.3) is 0 Å². The first-order valence-electron chi connectivity index (χ1n) is 45.2. The predicted octanol–water partition coefficient (Wildman–Crippen LogP) is 32.5. The van der Waals surface area contributed by atoms with Crippen molar-refractivity contribution in [3.63, 3.8) is 0 Å². The fraction of sp³-hybridized carbons (Fsp3) is 0.883. The Morgan fingerprint density at radius 2 is 0.390 bits per heavy atom. The summed E-state index contributed by atoms with van der Waals surface area (Å²) in [5.41, 5.74) is 0. The molecule has 0 saturated heterocycles. The molecule has 0 amide bonds. The lowest BCUT2D eigenvalue weighted by atomic mass is 10.0. The molecule has 0 heterocycles. The van der Waals surface area contributed by atoms with E-state index in [1.54, 1.807) is 0 Å². The molecule has 0 aromatic rings. The summed E-state index contributed by atoms with van der Waals surface area (Å²) in [6, 6.07) is 0. The van der Waals surface area contributed by atoms with Crippen molar-refractivity contribution in [1.82, 2.24) is 0 Å². The number of carbonyl (C=O) groups is 3. The molecule has 0 saturated carbocycles. The van der Waals surface area contributed by atoms with Crippen LogP contribution < -0.4 is 0 Å². The summed E-state index contributed by atoms with van der Waals surface area (Å²) >= 11 is 0. The monoisotopic (exact) mass is 1410 g/mol. The molecule has 6 heteroatoms. The van der Waals surface area contributed by atoms with E-state index >= 15 is 0 Å². The van der Waals surface area contributed by atoms with E-state index in [0.29, 0.717) is 39.1 Å². The van der Waals surface area contributed by atoms with Gasteiger partial charge in [-0.2, -0.15) is 0 Å². The molecule has 0 aromatic carbocycles. The van der Waals surface area contributed by atoms with Crippen molar-refractivity contribution < 1.29 is 28.6 Å². The third-order valence-electron chi connectivity index (χ3n) is 19.8. The van der Waals surface area contributed by atoms with Crippen LogP contribution in [0, 0.1) is 11.8 Å². The largest absolute Gasteiger partial charge is 0.466 e. The molecule has 100 heavy (non-hydrogen) atoms. The third kappa shape index (κ3) is 102. The van der Waals surface area contributed by atoms with Crippen molar-refractivity contribution in [2.45, 2.75) is 505 Å². The summed E-state index contributed by atoms with van der Waals surface area (Å²) in [5.74, 6) is 1.76. The molecule has 592 valence electrons. The van der Waals surface area contributed by atoms with Gasteiger partial charge in [-0.15, -0.1) is 0 Å². The van der Waals surface area contributed by atoms with Gasteiger partial charge in [0.2, 0.25) is 0 Å². The van der Waals surface area contributed by atoms with E-state index in [-0.39, 0.29) is 17.9 Å². The van der Waals surface area contributed by atoms with Gasteiger partial charge in [-0.25, -0.2) is 0 Å². The van der Waals surface area contributed by atoms with Gasteiger partial charge in [0, 0.05) is 19.3 Å². The maximum atomic E-state index is 11.9. The summed E-state index contributed by atoms with van der Waals surface area (Å²) in [6.07, 6.45) is 108. The van der Waals surface area contributed by atoms with Gasteiger partial charge in [0.15, 0.2) is 0 Å². The molecule has 0 bridgehead atoms. The number of hydrogen-bond acceptors (Lipinski definition) is 6. The third-order valence-corrected chi connectivity index (χ3v) is 19.8. The molecule has 0 aromatic heterocycles. The van der Waals surface area contributed by atoms with Crippen LogP contribution in [0.15, 0.2) is 48.6 Å². The van der Waals surface area contributed by atoms with E-state index in [0.717, 1.165) is 82.5 Å². The summed E-state index contributed by atoms with van der Waals surface area (Å²) in [7, 11) is 0. The SMILES string of the molecule is CCCCC/C=C\C/C=C\CCCCCCCC(=O)OCCCCCCCCCCCCCCCC(C)C.CCCCC/C=C\C/C=C\CCCCCCCC(=O)OCCCCCCCCCCCCCCCC(C)C.CCCCCCCCCCCCCCCCCC(=O)OCCCC. The van der Waals surface area contributed by atoms with Crippen LogP contribution in [0.2, 0.25) is 0 Å². The van der Waals surface area contributed by atoms with Crippen LogP contribution >= 0.6 is 0 Å². The van der Waals surface area contributed by atoms with E-state index < -0.39 is 0 Å². The number of ether oxygens (including phenoxy) is 3. The zero-order chi connectivity index (χ0) is 73.3.